The number of benzene rings is 1. The summed E-state index contributed by atoms with van der Waals surface area (Å²) in [6.45, 7) is 14.6. The lowest BCUT2D eigenvalue weighted by Crippen LogP contribution is -2.37. The Hall–Kier alpha value is -1.22. The molecule has 0 aliphatic rings. The van der Waals surface area contributed by atoms with Crippen molar-refractivity contribution in [2.75, 3.05) is 46.4 Å². The van der Waals surface area contributed by atoms with E-state index in [4.69, 9.17) is 9.47 Å². The van der Waals surface area contributed by atoms with Crippen molar-refractivity contribution in [1.82, 2.24) is 15.5 Å². The first-order valence-corrected chi connectivity index (χ1v) is 10.2. The van der Waals surface area contributed by atoms with Crippen molar-refractivity contribution in [3.63, 3.8) is 0 Å². The zero-order valence-electron chi connectivity index (χ0n) is 18.2. The molecule has 28 heavy (non-hydrogen) atoms. The summed E-state index contributed by atoms with van der Waals surface area (Å²) >= 11 is 0. The van der Waals surface area contributed by atoms with Gasteiger partial charge in [-0.25, -0.2) is 4.99 Å². The number of nitrogens with zero attached hydrogens (tertiary/aromatic N) is 2. The molecule has 2 N–H and O–H groups in total. The van der Waals surface area contributed by atoms with E-state index in [0.29, 0.717) is 13.2 Å². The fraction of sp³-hybridized carbons (Fsp3) is 0.667. The lowest BCUT2D eigenvalue weighted by atomic mass is 10.2. The van der Waals surface area contributed by atoms with Crippen LogP contribution in [0.3, 0.4) is 0 Å². The van der Waals surface area contributed by atoms with Gasteiger partial charge in [0.15, 0.2) is 17.5 Å². The van der Waals surface area contributed by atoms with Gasteiger partial charge in [0.2, 0.25) is 0 Å². The molecule has 0 aliphatic carbocycles. The largest absolute Gasteiger partial charge is 0.493 e. The van der Waals surface area contributed by atoms with E-state index in [-0.39, 0.29) is 24.0 Å². The Morgan fingerprint density at radius 3 is 2.43 bits per heavy atom. The van der Waals surface area contributed by atoms with Gasteiger partial charge in [0.25, 0.3) is 0 Å². The molecule has 0 aliphatic heterocycles. The minimum atomic E-state index is 0. The van der Waals surface area contributed by atoms with Gasteiger partial charge in [-0.15, -0.1) is 24.0 Å². The van der Waals surface area contributed by atoms with Crippen LogP contribution in [0.15, 0.2) is 23.2 Å². The molecule has 0 saturated carbocycles. The molecule has 0 spiro atoms. The molecule has 0 heterocycles. The quantitative estimate of drug-likeness (QED) is 0.184. The summed E-state index contributed by atoms with van der Waals surface area (Å²) in [5.41, 5.74) is 1.09. The maximum absolute atomic E-state index is 5.92. The minimum Gasteiger partial charge on any atom is -0.493 e. The average molecular weight is 506 g/mol. The van der Waals surface area contributed by atoms with E-state index in [1.165, 1.54) is 6.42 Å². The molecule has 1 aromatic carbocycles. The number of ether oxygens (including phenoxy) is 2. The third-order valence-electron chi connectivity index (χ3n) is 4.37. The Morgan fingerprint density at radius 2 is 1.82 bits per heavy atom. The van der Waals surface area contributed by atoms with E-state index in [1.54, 1.807) is 7.11 Å². The number of hydrogen-bond donors (Lipinski definition) is 2. The summed E-state index contributed by atoms with van der Waals surface area (Å²) in [5.74, 6) is 2.39. The molecule has 0 fully saturated rings. The number of halogens is 1. The highest BCUT2D eigenvalue weighted by Crippen LogP contribution is 2.28. The number of nitrogens with one attached hydrogen (secondary N) is 2. The number of rotatable bonds is 13. The van der Waals surface area contributed by atoms with Gasteiger partial charge in [-0.05, 0) is 44.1 Å². The van der Waals surface area contributed by atoms with Gasteiger partial charge in [-0.2, -0.15) is 0 Å². The van der Waals surface area contributed by atoms with Gasteiger partial charge in [-0.3, -0.25) is 0 Å². The van der Waals surface area contributed by atoms with Gasteiger partial charge in [0.1, 0.15) is 6.61 Å². The van der Waals surface area contributed by atoms with E-state index >= 15 is 0 Å². The van der Waals surface area contributed by atoms with Crippen LogP contribution in [0.2, 0.25) is 0 Å². The van der Waals surface area contributed by atoms with Gasteiger partial charge in [0, 0.05) is 19.6 Å². The van der Waals surface area contributed by atoms with Crippen molar-refractivity contribution in [3.8, 4) is 11.5 Å². The molecule has 0 atom stereocenters. The summed E-state index contributed by atoms with van der Waals surface area (Å²) in [5, 5.41) is 6.64. The molecular weight excluding hydrogens is 467 g/mol. The van der Waals surface area contributed by atoms with Crippen LogP contribution in [0.5, 0.6) is 11.5 Å². The lowest BCUT2D eigenvalue weighted by Gasteiger charge is -2.19. The molecule has 0 bridgehead atoms. The van der Waals surface area contributed by atoms with Crippen molar-refractivity contribution in [2.45, 2.75) is 47.1 Å². The summed E-state index contributed by atoms with van der Waals surface area (Å²) in [6.07, 6.45) is 2.30. The Kier molecular flexibility index (Phi) is 16.0. The molecule has 1 aromatic rings. The Bertz CT molecular complexity index is 551. The lowest BCUT2D eigenvalue weighted by molar-refractivity contribution is 0.217. The molecule has 0 unspecified atom stereocenters. The number of likely N-dealkylation sites (N-methyl/N-ethyl adjacent to an activating group) is 1. The van der Waals surface area contributed by atoms with E-state index < -0.39 is 0 Å². The molecule has 1 rings (SSSR count). The van der Waals surface area contributed by atoms with Crippen LogP contribution in [0.1, 0.15) is 46.1 Å². The van der Waals surface area contributed by atoms with Crippen LogP contribution in [0.4, 0.5) is 0 Å². The maximum atomic E-state index is 5.92. The fourth-order valence-electron chi connectivity index (χ4n) is 2.65. The summed E-state index contributed by atoms with van der Waals surface area (Å²) in [4.78, 5) is 7.00. The highest BCUT2D eigenvalue weighted by molar-refractivity contribution is 14.0. The molecule has 0 amide bonds. The molecular formula is C21H39IN4O2. The van der Waals surface area contributed by atoms with Crippen molar-refractivity contribution in [3.05, 3.63) is 23.8 Å². The van der Waals surface area contributed by atoms with Crippen LogP contribution in [-0.4, -0.2) is 57.3 Å². The Morgan fingerprint density at radius 1 is 1.07 bits per heavy atom. The Balaban J connectivity index is 0.00000729. The summed E-state index contributed by atoms with van der Waals surface area (Å²) < 4.78 is 11.4. The standard InChI is InChI=1S/C21H38N4O2.HI/c1-6-10-13-23-21(22-7-2)24-17-18-11-12-19(20(16-18)26-5)27-15-14-25(8-3)9-4;/h11-12,16H,6-10,13-15,17H2,1-5H3,(H2,22,23,24);1H. The topological polar surface area (TPSA) is 58.1 Å². The number of aliphatic imine (C=N–C) groups is 1. The smallest absolute Gasteiger partial charge is 0.191 e. The molecule has 7 heteroatoms. The zero-order valence-corrected chi connectivity index (χ0v) is 20.5. The Labute approximate surface area is 188 Å². The zero-order chi connectivity index (χ0) is 19.9. The molecule has 162 valence electrons. The third-order valence-corrected chi connectivity index (χ3v) is 4.37. The van der Waals surface area contributed by atoms with Gasteiger partial charge < -0.3 is 25.0 Å². The van der Waals surface area contributed by atoms with Crippen LogP contribution in [0, 0.1) is 0 Å². The first-order valence-electron chi connectivity index (χ1n) is 10.2. The fourth-order valence-corrected chi connectivity index (χ4v) is 2.65. The van der Waals surface area contributed by atoms with Gasteiger partial charge in [0.05, 0.1) is 13.7 Å². The normalized spacial score (nSPS) is 11.1. The maximum Gasteiger partial charge on any atom is 0.191 e. The molecule has 0 radical (unpaired) electrons. The van der Waals surface area contributed by atoms with Gasteiger partial charge >= 0.3 is 0 Å². The highest BCUT2D eigenvalue weighted by atomic mass is 127. The third kappa shape index (κ3) is 10.4. The second-order valence-electron chi connectivity index (χ2n) is 6.34. The first kappa shape index (κ1) is 26.8. The summed E-state index contributed by atoms with van der Waals surface area (Å²) in [6, 6.07) is 6.03. The number of hydrogen-bond acceptors (Lipinski definition) is 4. The molecule has 0 aromatic heterocycles. The van der Waals surface area contributed by atoms with Crippen molar-refractivity contribution in [2.24, 2.45) is 4.99 Å². The number of guanidine groups is 1. The van der Waals surface area contributed by atoms with Crippen LogP contribution in [-0.2, 0) is 6.54 Å². The minimum absolute atomic E-state index is 0. The number of methoxy groups -OCH3 is 1. The second kappa shape index (κ2) is 16.7. The van der Waals surface area contributed by atoms with Crippen molar-refractivity contribution in [1.29, 1.82) is 0 Å². The van der Waals surface area contributed by atoms with E-state index in [0.717, 1.165) is 62.2 Å². The van der Waals surface area contributed by atoms with Crippen LogP contribution in [0.25, 0.3) is 0 Å². The SMILES string of the molecule is CCCCNC(=NCc1ccc(OCCN(CC)CC)c(OC)c1)NCC.I. The average Bonchev–Trinajstić information content (AvgIpc) is 2.70. The second-order valence-corrected chi connectivity index (χ2v) is 6.34. The monoisotopic (exact) mass is 506 g/mol. The van der Waals surface area contributed by atoms with E-state index in [1.807, 2.05) is 18.2 Å². The first-order chi connectivity index (χ1) is 13.2. The van der Waals surface area contributed by atoms with E-state index in [9.17, 15) is 0 Å². The van der Waals surface area contributed by atoms with Crippen molar-refractivity contribution >= 4 is 29.9 Å². The predicted octanol–water partition coefficient (Wildman–Crippen LogP) is 3.89. The summed E-state index contributed by atoms with van der Waals surface area (Å²) in [7, 11) is 1.68. The van der Waals surface area contributed by atoms with E-state index in [2.05, 4.69) is 48.2 Å². The molecule has 6 nitrogen and oxygen atoms in total. The van der Waals surface area contributed by atoms with Crippen LogP contribution < -0.4 is 20.1 Å². The van der Waals surface area contributed by atoms with Crippen molar-refractivity contribution < 1.29 is 9.47 Å². The predicted molar refractivity (Wildman–Crippen MR) is 129 cm³/mol. The highest BCUT2D eigenvalue weighted by Gasteiger charge is 2.07. The number of unbranched alkanes of at least 4 members (excludes halogenated alkanes) is 1. The molecule has 0 saturated heterocycles. The van der Waals surface area contributed by atoms with Gasteiger partial charge in [-0.1, -0.05) is 33.3 Å². The van der Waals surface area contributed by atoms with Crippen LogP contribution >= 0.6 is 24.0 Å².